The Kier molecular flexibility index (Phi) is 6.90. The molecule has 0 aliphatic heterocycles. The van der Waals surface area contributed by atoms with Crippen molar-refractivity contribution in [2.75, 3.05) is 7.11 Å². The highest BCUT2D eigenvalue weighted by atomic mass is 16.5. The first-order valence-electron chi connectivity index (χ1n) is 7.77. The van der Waals surface area contributed by atoms with Gasteiger partial charge in [-0.05, 0) is 36.3 Å². The van der Waals surface area contributed by atoms with Gasteiger partial charge in [0.05, 0.1) is 7.11 Å². The number of benzene rings is 1. The lowest BCUT2D eigenvalue weighted by Gasteiger charge is -2.24. The molecule has 3 heteroatoms. The molecule has 0 aromatic heterocycles. The minimum Gasteiger partial charge on any atom is -0.468 e. The molecule has 2 unspecified atom stereocenters. The third-order valence-electron chi connectivity index (χ3n) is 3.68. The van der Waals surface area contributed by atoms with Crippen molar-refractivity contribution in [3.63, 3.8) is 0 Å². The van der Waals surface area contributed by atoms with Crippen LogP contribution in [0.3, 0.4) is 0 Å². The number of esters is 1. The van der Waals surface area contributed by atoms with E-state index in [4.69, 9.17) is 4.74 Å². The van der Waals surface area contributed by atoms with Crippen molar-refractivity contribution in [3.8, 4) is 0 Å². The smallest absolute Gasteiger partial charge is 0.323 e. The number of carbonyl (C=O) groups is 1. The monoisotopic (exact) mass is 291 g/mol. The highest BCUT2D eigenvalue weighted by Gasteiger charge is 2.24. The van der Waals surface area contributed by atoms with Gasteiger partial charge < -0.3 is 4.74 Å². The Morgan fingerprint density at radius 1 is 1.10 bits per heavy atom. The fourth-order valence-electron chi connectivity index (χ4n) is 2.44. The van der Waals surface area contributed by atoms with E-state index in [-0.39, 0.29) is 24.0 Å². The SMILES string of the molecule is COC(=O)C(NC(C)c1ccc(CC(C)C)cc1)C(C)C. The molecule has 0 fully saturated rings. The Hall–Kier alpha value is -1.35. The van der Waals surface area contributed by atoms with Crippen LogP contribution < -0.4 is 5.32 Å². The molecule has 1 N–H and O–H groups in total. The summed E-state index contributed by atoms with van der Waals surface area (Å²) < 4.78 is 4.87. The average molecular weight is 291 g/mol. The minimum atomic E-state index is -0.277. The topological polar surface area (TPSA) is 38.3 Å². The van der Waals surface area contributed by atoms with Gasteiger partial charge in [-0.2, -0.15) is 0 Å². The number of hydrogen-bond acceptors (Lipinski definition) is 3. The van der Waals surface area contributed by atoms with E-state index < -0.39 is 0 Å². The van der Waals surface area contributed by atoms with Gasteiger partial charge in [0.15, 0.2) is 0 Å². The average Bonchev–Trinajstić information content (AvgIpc) is 2.43. The highest BCUT2D eigenvalue weighted by molar-refractivity contribution is 5.76. The molecular weight excluding hydrogens is 262 g/mol. The predicted molar refractivity (Wildman–Crippen MR) is 87.2 cm³/mol. The Labute approximate surface area is 129 Å². The molecule has 2 atom stereocenters. The van der Waals surface area contributed by atoms with Gasteiger partial charge in [0, 0.05) is 6.04 Å². The van der Waals surface area contributed by atoms with E-state index in [9.17, 15) is 4.79 Å². The van der Waals surface area contributed by atoms with Crippen LogP contribution in [-0.4, -0.2) is 19.1 Å². The van der Waals surface area contributed by atoms with E-state index in [0.717, 1.165) is 6.42 Å². The van der Waals surface area contributed by atoms with Crippen LogP contribution >= 0.6 is 0 Å². The van der Waals surface area contributed by atoms with Crippen LogP contribution in [0.4, 0.5) is 0 Å². The Bertz CT molecular complexity index is 437. The summed E-state index contributed by atoms with van der Waals surface area (Å²) in [5.74, 6) is 0.657. The fraction of sp³-hybridized carbons (Fsp3) is 0.611. The van der Waals surface area contributed by atoms with Gasteiger partial charge in [-0.1, -0.05) is 52.0 Å². The zero-order chi connectivity index (χ0) is 16.0. The number of rotatable bonds is 7. The molecule has 0 saturated heterocycles. The van der Waals surface area contributed by atoms with E-state index in [1.165, 1.54) is 18.2 Å². The van der Waals surface area contributed by atoms with E-state index in [1.54, 1.807) is 0 Å². The van der Waals surface area contributed by atoms with E-state index in [0.29, 0.717) is 5.92 Å². The third-order valence-corrected chi connectivity index (χ3v) is 3.68. The molecular formula is C18H29NO2. The van der Waals surface area contributed by atoms with E-state index in [1.807, 2.05) is 13.8 Å². The number of nitrogens with one attached hydrogen (secondary N) is 1. The molecule has 1 aromatic rings. The largest absolute Gasteiger partial charge is 0.468 e. The van der Waals surface area contributed by atoms with Crippen molar-refractivity contribution in [2.45, 2.75) is 53.1 Å². The van der Waals surface area contributed by atoms with Crippen molar-refractivity contribution in [1.82, 2.24) is 5.32 Å². The summed E-state index contributed by atoms with van der Waals surface area (Å²) in [5, 5.41) is 3.37. The summed E-state index contributed by atoms with van der Waals surface area (Å²) in [4.78, 5) is 11.8. The first-order chi connectivity index (χ1) is 9.85. The molecule has 0 heterocycles. The maximum Gasteiger partial charge on any atom is 0.323 e. The molecule has 0 radical (unpaired) electrons. The van der Waals surface area contributed by atoms with Crippen LogP contribution in [0.2, 0.25) is 0 Å². The lowest BCUT2D eigenvalue weighted by Crippen LogP contribution is -2.42. The van der Waals surface area contributed by atoms with Crippen LogP contribution in [0.1, 0.15) is 51.8 Å². The summed E-state index contributed by atoms with van der Waals surface area (Å²) >= 11 is 0. The van der Waals surface area contributed by atoms with Crippen molar-refractivity contribution in [3.05, 3.63) is 35.4 Å². The van der Waals surface area contributed by atoms with Crippen LogP contribution in [0.5, 0.6) is 0 Å². The lowest BCUT2D eigenvalue weighted by atomic mass is 9.98. The second-order valence-corrected chi connectivity index (χ2v) is 6.47. The third kappa shape index (κ3) is 5.50. The normalized spacial score (nSPS) is 14.3. The van der Waals surface area contributed by atoms with Crippen molar-refractivity contribution in [1.29, 1.82) is 0 Å². The molecule has 0 saturated carbocycles. The van der Waals surface area contributed by atoms with E-state index >= 15 is 0 Å². The van der Waals surface area contributed by atoms with Gasteiger partial charge in [0.25, 0.3) is 0 Å². The van der Waals surface area contributed by atoms with Gasteiger partial charge in [0.1, 0.15) is 6.04 Å². The second-order valence-electron chi connectivity index (χ2n) is 6.47. The molecule has 0 aliphatic carbocycles. The molecule has 21 heavy (non-hydrogen) atoms. The number of carbonyl (C=O) groups excluding carboxylic acids is 1. The molecule has 0 aliphatic rings. The first kappa shape index (κ1) is 17.7. The van der Waals surface area contributed by atoms with Crippen LogP contribution in [-0.2, 0) is 16.0 Å². The minimum absolute atomic E-state index is 0.115. The molecule has 118 valence electrons. The van der Waals surface area contributed by atoms with Gasteiger partial charge >= 0.3 is 5.97 Å². The maximum absolute atomic E-state index is 11.8. The maximum atomic E-state index is 11.8. The quantitative estimate of drug-likeness (QED) is 0.778. The van der Waals surface area contributed by atoms with Gasteiger partial charge in [-0.15, -0.1) is 0 Å². The van der Waals surface area contributed by atoms with Crippen molar-refractivity contribution < 1.29 is 9.53 Å². The number of methoxy groups -OCH3 is 1. The molecule has 1 aromatic carbocycles. The first-order valence-corrected chi connectivity index (χ1v) is 7.77. The second kappa shape index (κ2) is 8.18. The fourth-order valence-corrected chi connectivity index (χ4v) is 2.44. The summed E-state index contributed by atoms with van der Waals surface area (Å²) in [6, 6.07) is 8.48. The predicted octanol–water partition coefficient (Wildman–Crippen LogP) is 3.73. The molecule has 0 spiro atoms. The lowest BCUT2D eigenvalue weighted by molar-refractivity contribution is -0.144. The van der Waals surface area contributed by atoms with Crippen molar-refractivity contribution in [2.24, 2.45) is 11.8 Å². The Balaban J connectivity index is 2.73. The summed E-state index contributed by atoms with van der Waals surface area (Å²) in [6.07, 6.45) is 1.10. The number of ether oxygens (including phenoxy) is 1. The highest BCUT2D eigenvalue weighted by Crippen LogP contribution is 2.18. The summed E-state index contributed by atoms with van der Waals surface area (Å²) in [7, 11) is 1.44. The molecule has 0 amide bonds. The standard InChI is InChI=1S/C18H29NO2/c1-12(2)11-15-7-9-16(10-8-15)14(5)19-17(13(3)4)18(20)21-6/h7-10,12-14,17,19H,11H2,1-6H3. The van der Waals surface area contributed by atoms with Gasteiger partial charge in [-0.25, -0.2) is 0 Å². The van der Waals surface area contributed by atoms with Gasteiger partial charge in [-0.3, -0.25) is 10.1 Å². The zero-order valence-electron chi connectivity index (χ0n) is 14.1. The summed E-state index contributed by atoms with van der Waals surface area (Å²) in [5.41, 5.74) is 2.55. The molecule has 0 bridgehead atoms. The Morgan fingerprint density at radius 2 is 1.67 bits per heavy atom. The Morgan fingerprint density at radius 3 is 2.10 bits per heavy atom. The van der Waals surface area contributed by atoms with E-state index in [2.05, 4.69) is 50.4 Å². The summed E-state index contributed by atoms with van der Waals surface area (Å²) in [6.45, 7) is 10.6. The van der Waals surface area contributed by atoms with Crippen molar-refractivity contribution >= 4 is 5.97 Å². The van der Waals surface area contributed by atoms with Gasteiger partial charge in [0.2, 0.25) is 0 Å². The van der Waals surface area contributed by atoms with Crippen LogP contribution in [0.25, 0.3) is 0 Å². The molecule has 1 rings (SSSR count). The van der Waals surface area contributed by atoms with Crippen LogP contribution in [0, 0.1) is 11.8 Å². The number of hydrogen-bond donors (Lipinski definition) is 1. The molecule has 3 nitrogen and oxygen atoms in total. The zero-order valence-corrected chi connectivity index (χ0v) is 14.1. The van der Waals surface area contributed by atoms with Crippen LogP contribution in [0.15, 0.2) is 24.3 Å².